The highest BCUT2D eigenvalue weighted by molar-refractivity contribution is 5.97. The molecule has 6 nitrogen and oxygen atoms in total. The zero-order valence-corrected chi connectivity index (χ0v) is 13.4. The molecular weight excluding hydrogens is 306 g/mol. The van der Waals surface area contributed by atoms with E-state index in [0.29, 0.717) is 36.4 Å². The first kappa shape index (κ1) is 16.0. The summed E-state index contributed by atoms with van der Waals surface area (Å²) in [6.07, 6.45) is 0. The summed E-state index contributed by atoms with van der Waals surface area (Å²) < 4.78 is 5.60. The normalized spacial score (nSPS) is 10.9. The van der Waals surface area contributed by atoms with Gasteiger partial charge in [0.15, 0.2) is 0 Å². The van der Waals surface area contributed by atoms with E-state index in [-0.39, 0.29) is 11.6 Å². The second-order valence-corrected chi connectivity index (χ2v) is 5.60. The van der Waals surface area contributed by atoms with Gasteiger partial charge in [-0.15, -0.1) is 0 Å². The molecule has 1 heterocycles. The highest BCUT2D eigenvalue weighted by Crippen LogP contribution is 2.12. The van der Waals surface area contributed by atoms with Crippen molar-refractivity contribution in [3.63, 3.8) is 0 Å². The van der Waals surface area contributed by atoms with Gasteiger partial charge < -0.3 is 19.6 Å². The molecule has 0 spiro atoms. The van der Waals surface area contributed by atoms with Gasteiger partial charge in [-0.2, -0.15) is 0 Å². The molecular formula is C18H19N3O3. The lowest BCUT2D eigenvalue weighted by Gasteiger charge is -2.17. The number of carbonyl (C=O) groups is 1. The van der Waals surface area contributed by atoms with Crippen molar-refractivity contribution in [1.82, 2.24) is 14.9 Å². The number of aromatic amines is 2. The number of likely N-dealkylation sites (N-methyl/N-ethyl adjacent to an activating group) is 1. The van der Waals surface area contributed by atoms with Crippen molar-refractivity contribution in [1.29, 1.82) is 0 Å². The summed E-state index contributed by atoms with van der Waals surface area (Å²) in [5.41, 5.74) is 2.67. The average molecular weight is 325 g/mol. The Morgan fingerprint density at radius 3 is 2.62 bits per heavy atom. The van der Waals surface area contributed by atoms with Crippen molar-refractivity contribution in [3.05, 3.63) is 70.1 Å². The SMILES string of the molecule is CN(CCOCc1ccccc1)C(=O)c1ccc2[nH]c(=O)[nH]c2c1. The van der Waals surface area contributed by atoms with Gasteiger partial charge in [-0.3, -0.25) is 4.79 Å². The maximum Gasteiger partial charge on any atom is 0.323 e. The van der Waals surface area contributed by atoms with Gasteiger partial charge in [0.1, 0.15) is 0 Å². The van der Waals surface area contributed by atoms with Gasteiger partial charge in [0, 0.05) is 19.2 Å². The Balaban J connectivity index is 1.54. The number of H-pyrrole nitrogens is 2. The lowest BCUT2D eigenvalue weighted by atomic mass is 10.2. The van der Waals surface area contributed by atoms with E-state index in [2.05, 4.69) is 9.97 Å². The van der Waals surface area contributed by atoms with Crippen LogP contribution in [0.1, 0.15) is 15.9 Å². The maximum absolute atomic E-state index is 12.4. The fourth-order valence-corrected chi connectivity index (χ4v) is 2.45. The number of ether oxygens (including phenoxy) is 1. The molecule has 1 amide bonds. The summed E-state index contributed by atoms with van der Waals surface area (Å²) in [5.74, 6) is -0.109. The van der Waals surface area contributed by atoms with Crippen LogP contribution in [0.5, 0.6) is 0 Å². The van der Waals surface area contributed by atoms with Crippen LogP contribution >= 0.6 is 0 Å². The molecule has 3 aromatic rings. The van der Waals surface area contributed by atoms with Crippen LogP contribution in [-0.2, 0) is 11.3 Å². The Kier molecular flexibility index (Phi) is 4.77. The molecule has 0 saturated carbocycles. The fourth-order valence-electron chi connectivity index (χ4n) is 2.45. The molecule has 0 aliphatic carbocycles. The van der Waals surface area contributed by atoms with Crippen molar-refractivity contribution in [2.75, 3.05) is 20.2 Å². The van der Waals surface area contributed by atoms with Crippen LogP contribution in [0.2, 0.25) is 0 Å². The van der Waals surface area contributed by atoms with Gasteiger partial charge >= 0.3 is 5.69 Å². The minimum Gasteiger partial charge on any atom is -0.375 e. The van der Waals surface area contributed by atoms with Crippen LogP contribution in [0.25, 0.3) is 11.0 Å². The van der Waals surface area contributed by atoms with E-state index in [1.54, 1.807) is 30.1 Å². The number of rotatable bonds is 6. The number of amides is 1. The lowest BCUT2D eigenvalue weighted by molar-refractivity contribution is 0.0671. The van der Waals surface area contributed by atoms with Gasteiger partial charge in [0.2, 0.25) is 0 Å². The second kappa shape index (κ2) is 7.14. The van der Waals surface area contributed by atoms with Gasteiger partial charge in [-0.1, -0.05) is 30.3 Å². The van der Waals surface area contributed by atoms with Crippen molar-refractivity contribution < 1.29 is 9.53 Å². The quantitative estimate of drug-likeness (QED) is 0.682. The molecule has 6 heteroatoms. The van der Waals surface area contributed by atoms with E-state index in [1.165, 1.54) is 0 Å². The van der Waals surface area contributed by atoms with Gasteiger partial charge in [0.25, 0.3) is 5.91 Å². The van der Waals surface area contributed by atoms with E-state index in [1.807, 2.05) is 30.3 Å². The number of aromatic nitrogens is 2. The standard InChI is InChI=1S/C18H19N3O3/c1-21(9-10-24-12-13-5-3-2-4-6-13)17(22)14-7-8-15-16(11-14)20-18(23)19-15/h2-8,11H,9-10,12H2,1H3,(H2,19,20,23). The average Bonchev–Trinajstić information content (AvgIpc) is 2.98. The lowest BCUT2D eigenvalue weighted by Crippen LogP contribution is -2.30. The molecule has 2 aromatic carbocycles. The summed E-state index contributed by atoms with van der Waals surface area (Å²) in [6.45, 7) is 1.48. The Hall–Kier alpha value is -2.86. The van der Waals surface area contributed by atoms with Crippen LogP contribution in [-0.4, -0.2) is 41.0 Å². The van der Waals surface area contributed by atoms with Gasteiger partial charge in [-0.25, -0.2) is 4.79 Å². The largest absolute Gasteiger partial charge is 0.375 e. The van der Waals surface area contributed by atoms with Crippen LogP contribution in [0, 0.1) is 0 Å². The monoisotopic (exact) mass is 325 g/mol. The third-order valence-corrected chi connectivity index (χ3v) is 3.79. The van der Waals surface area contributed by atoms with Crippen LogP contribution in [0.4, 0.5) is 0 Å². The predicted octanol–water partition coefficient (Wildman–Crippen LogP) is 2.14. The van der Waals surface area contributed by atoms with Crippen LogP contribution in [0.3, 0.4) is 0 Å². The number of hydrogen-bond acceptors (Lipinski definition) is 3. The highest BCUT2D eigenvalue weighted by atomic mass is 16.5. The van der Waals surface area contributed by atoms with E-state index in [9.17, 15) is 9.59 Å². The number of hydrogen-bond donors (Lipinski definition) is 2. The van der Waals surface area contributed by atoms with Crippen LogP contribution in [0.15, 0.2) is 53.3 Å². The Morgan fingerprint density at radius 2 is 1.83 bits per heavy atom. The Morgan fingerprint density at radius 1 is 1.08 bits per heavy atom. The second-order valence-electron chi connectivity index (χ2n) is 5.60. The fraction of sp³-hybridized carbons (Fsp3) is 0.222. The minimum absolute atomic E-state index is 0.109. The molecule has 124 valence electrons. The summed E-state index contributed by atoms with van der Waals surface area (Å²) in [6, 6.07) is 15.0. The smallest absolute Gasteiger partial charge is 0.323 e. The molecule has 3 rings (SSSR count). The Bertz CT molecular complexity index is 883. The molecule has 0 aliphatic rings. The molecule has 1 aromatic heterocycles. The molecule has 0 bridgehead atoms. The zero-order valence-electron chi connectivity index (χ0n) is 13.4. The first-order valence-corrected chi connectivity index (χ1v) is 7.72. The minimum atomic E-state index is -0.280. The molecule has 0 saturated heterocycles. The van der Waals surface area contributed by atoms with Crippen molar-refractivity contribution in [3.8, 4) is 0 Å². The molecule has 2 N–H and O–H groups in total. The number of carbonyl (C=O) groups excluding carboxylic acids is 1. The summed E-state index contributed by atoms with van der Waals surface area (Å²) in [4.78, 5) is 30.6. The van der Waals surface area contributed by atoms with Gasteiger partial charge in [0.05, 0.1) is 24.2 Å². The molecule has 0 aliphatic heterocycles. The molecule has 0 fully saturated rings. The number of nitrogens with zero attached hydrogens (tertiary/aromatic N) is 1. The Labute approximate surface area is 139 Å². The first-order chi connectivity index (χ1) is 11.6. The predicted molar refractivity (Wildman–Crippen MR) is 92.0 cm³/mol. The van der Waals surface area contributed by atoms with E-state index in [4.69, 9.17) is 4.74 Å². The molecule has 0 atom stereocenters. The number of fused-ring (bicyclic) bond motifs is 1. The maximum atomic E-state index is 12.4. The summed E-state index contributed by atoms with van der Waals surface area (Å²) >= 11 is 0. The third kappa shape index (κ3) is 3.72. The highest BCUT2D eigenvalue weighted by Gasteiger charge is 2.12. The number of nitrogens with one attached hydrogen (secondary N) is 2. The number of imidazole rings is 1. The van der Waals surface area contributed by atoms with Crippen molar-refractivity contribution in [2.45, 2.75) is 6.61 Å². The molecule has 0 radical (unpaired) electrons. The molecule has 0 unspecified atom stereocenters. The van der Waals surface area contributed by atoms with E-state index >= 15 is 0 Å². The van der Waals surface area contributed by atoms with E-state index < -0.39 is 0 Å². The van der Waals surface area contributed by atoms with Crippen molar-refractivity contribution in [2.24, 2.45) is 0 Å². The van der Waals surface area contributed by atoms with E-state index in [0.717, 1.165) is 5.56 Å². The zero-order chi connectivity index (χ0) is 16.9. The van der Waals surface area contributed by atoms with Crippen LogP contribution < -0.4 is 5.69 Å². The van der Waals surface area contributed by atoms with Gasteiger partial charge in [-0.05, 0) is 23.8 Å². The van der Waals surface area contributed by atoms with Crippen molar-refractivity contribution >= 4 is 16.9 Å². The third-order valence-electron chi connectivity index (χ3n) is 3.79. The topological polar surface area (TPSA) is 78.2 Å². The summed E-state index contributed by atoms with van der Waals surface area (Å²) in [7, 11) is 1.73. The first-order valence-electron chi connectivity index (χ1n) is 7.72. The summed E-state index contributed by atoms with van der Waals surface area (Å²) in [5, 5.41) is 0. The number of benzene rings is 2. The molecule has 24 heavy (non-hydrogen) atoms.